The molecule has 3 heterocycles. The van der Waals surface area contributed by atoms with Crippen LogP contribution in [0.15, 0.2) is 22.9 Å². The van der Waals surface area contributed by atoms with Crippen molar-refractivity contribution in [2.75, 3.05) is 31.6 Å². The maximum Gasteiger partial charge on any atom is 0.341 e. The van der Waals surface area contributed by atoms with Crippen molar-refractivity contribution in [2.24, 2.45) is 0 Å². The van der Waals surface area contributed by atoms with E-state index >= 15 is 0 Å². The zero-order valence-corrected chi connectivity index (χ0v) is 19.2. The van der Waals surface area contributed by atoms with Gasteiger partial charge >= 0.3 is 5.97 Å². The highest BCUT2D eigenvalue weighted by molar-refractivity contribution is 7.15. The van der Waals surface area contributed by atoms with Gasteiger partial charge in [0.1, 0.15) is 5.00 Å². The molecule has 9 heteroatoms. The Balaban J connectivity index is 1.28. The Bertz CT molecular complexity index is 929. The standard InChI is InChI=1S/C22H27N3O4S2/c1-2-29-22(28)19-16(14-5-6-14)13-31-21(19)24-18(26)12-25-9-7-15(8-10-25)23-20(27)17-4-3-11-30-17/h3-4,11,13-15H,2,5-10,12H2,1H3,(H,23,27)(H,24,26). The largest absolute Gasteiger partial charge is 0.462 e. The summed E-state index contributed by atoms with van der Waals surface area (Å²) >= 11 is 2.83. The summed E-state index contributed by atoms with van der Waals surface area (Å²) in [5.41, 5.74) is 1.53. The van der Waals surface area contributed by atoms with E-state index in [1.807, 2.05) is 22.9 Å². The molecule has 1 aliphatic carbocycles. The van der Waals surface area contributed by atoms with Gasteiger partial charge in [-0.1, -0.05) is 6.07 Å². The van der Waals surface area contributed by atoms with Crippen LogP contribution in [0.4, 0.5) is 5.00 Å². The molecule has 1 aliphatic heterocycles. The number of thiophene rings is 2. The lowest BCUT2D eigenvalue weighted by atomic mass is 10.0. The lowest BCUT2D eigenvalue weighted by Crippen LogP contribution is -2.46. The molecule has 0 bridgehead atoms. The van der Waals surface area contributed by atoms with E-state index in [0.717, 1.165) is 49.2 Å². The Morgan fingerprint density at radius 1 is 1.16 bits per heavy atom. The second kappa shape index (κ2) is 9.93. The van der Waals surface area contributed by atoms with E-state index in [0.29, 0.717) is 23.1 Å². The van der Waals surface area contributed by atoms with Crippen LogP contribution in [-0.2, 0) is 9.53 Å². The molecular formula is C22H27N3O4S2. The lowest BCUT2D eigenvalue weighted by Gasteiger charge is -2.31. The van der Waals surface area contributed by atoms with E-state index in [9.17, 15) is 14.4 Å². The van der Waals surface area contributed by atoms with Crippen LogP contribution in [0.3, 0.4) is 0 Å². The molecule has 31 heavy (non-hydrogen) atoms. The highest BCUT2D eigenvalue weighted by Gasteiger charge is 2.32. The number of esters is 1. The summed E-state index contributed by atoms with van der Waals surface area (Å²) in [6.07, 6.45) is 3.77. The highest BCUT2D eigenvalue weighted by atomic mass is 32.1. The van der Waals surface area contributed by atoms with E-state index in [1.165, 1.54) is 22.7 Å². The van der Waals surface area contributed by atoms with E-state index in [1.54, 1.807) is 6.92 Å². The summed E-state index contributed by atoms with van der Waals surface area (Å²) in [7, 11) is 0. The SMILES string of the molecule is CCOC(=O)c1c(C2CC2)csc1NC(=O)CN1CCC(NC(=O)c2cccs2)CC1. The van der Waals surface area contributed by atoms with Gasteiger partial charge in [0.2, 0.25) is 5.91 Å². The average molecular weight is 462 g/mol. The van der Waals surface area contributed by atoms with Crippen LogP contribution in [-0.4, -0.2) is 55.0 Å². The zero-order valence-electron chi connectivity index (χ0n) is 17.5. The molecule has 2 fully saturated rings. The number of ether oxygens (including phenoxy) is 1. The van der Waals surface area contributed by atoms with Crippen molar-refractivity contribution in [3.05, 3.63) is 38.9 Å². The predicted molar refractivity (Wildman–Crippen MR) is 122 cm³/mol. The first-order chi connectivity index (χ1) is 15.0. The Morgan fingerprint density at radius 2 is 1.94 bits per heavy atom. The maximum absolute atomic E-state index is 12.7. The highest BCUT2D eigenvalue weighted by Crippen LogP contribution is 2.46. The average Bonchev–Trinajstić information content (AvgIpc) is 3.27. The van der Waals surface area contributed by atoms with E-state index < -0.39 is 0 Å². The van der Waals surface area contributed by atoms with Gasteiger partial charge in [-0.05, 0) is 60.9 Å². The molecular weight excluding hydrogens is 434 g/mol. The summed E-state index contributed by atoms with van der Waals surface area (Å²) in [5, 5.41) is 10.5. The van der Waals surface area contributed by atoms with Crippen LogP contribution in [0.1, 0.15) is 64.1 Å². The Kier molecular flexibility index (Phi) is 7.04. The molecule has 2 amide bonds. The summed E-state index contributed by atoms with van der Waals surface area (Å²) in [4.78, 5) is 40.1. The van der Waals surface area contributed by atoms with E-state index in [2.05, 4.69) is 15.5 Å². The second-order valence-electron chi connectivity index (χ2n) is 7.94. The number of nitrogens with zero attached hydrogens (tertiary/aromatic N) is 1. The van der Waals surface area contributed by atoms with Gasteiger partial charge in [0.15, 0.2) is 0 Å². The number of hydrogen-bond acceptors (Lipinski definition) is 7. The van der Waals surface area contributed by atoms with Crippen LogP contribution < -0.4 is 10.6 Å². The molecule has 2 aliphatic rings. The number of hydrogen-bond donors (Lipinski definition) is 2. The summed E-state index contributed by atoms with van der Waals surface area (Å²) in [6.45, 7) is 3.84. The number of anilines is 1. The minimum atomic E-state index is -0.358. The molecule has 4 rings (SSSR count). The Labute approximate surface area is 189 Å². The number of amides is 2. The first kappa shape index (κ1) is 22.0. The van der Waals surface area contributed by atoms with Crippen molar-refractivity contribution >= 4 is 45.5 Å². The summed E-state index contributed by atoms with van der Waals surface area (Å²) < 4.78 is 5.22. The normalized spacial score (nSPS) is 17.3. The lowest BCUT2D eigenvalue weighted by molar-refractivity contribution is -0.117. The summed E-state index contributed by atoms with van der Waals surface area (Å²) in [5.74, 6) is -0.106. The maximum atomic E-state index is 12.7. The molecule has 0 radical (unpaired) electrons. The van der Waals surface area contributed by atoms with E-state index in [4.69, 9.17) is 4.74 Å². The molecule has 2 N–H and O–H groups in total. The molecule has 2 aromatic heterocycles. The third-order valence-electron chi connectivity index (χ3n) is 5.60. The van der Waals surface area contributed by atoms with Gasteiger partial charge in [0, 0.05) is 19.1 Å². The number of carbonyl (C=O) groups excluding carboxylic acids is 3. The predicted octanol–water partition coefficient (Wildman–Crippen LogP) is 3.70. The Hall–Kier alpha value is -2.23. The molecule has 0 aromatic carbocycles. The first-order valence-electron chi connectivity index (χ1n) is 10.7. The van der Waals surface area contributed by atoms with Gasteiger partial charge in [-0.2, -0.15) is 0 Å². The van der Waals surface area contributed by atoms with Gasteiger partial charge < -0.3 is 15.4 Å². The number of nitrogens with one attached hydrogen (secondary N) is 2. The topological polar surface area (TPSA) is 87.7 Å². The third-order valence-corrected chi connectivity index (χ3v) is 7.39. The molecule has 0 unspecified atom stereocenters. The van der Waals surface area contributed by atoms with Gasteiger partial charge in [-0.25, -0.2) is 4.79 Å². The van der Waals surface area contributed by atoms with Crippen LogP contribution >= 0.6 is 22.7 Å². The van der Waals surface area contributed by atoms with Gasteiger partial charge in [0.05, 0.1) is 23.6 Å². The van der Waals surface area contributed by atoms with Crippen molar-refractivity contribution in [3.63, 3.8) is 0 Å². The fourth-order valence-electron chi connectivity index (χ4n) is 3.84. The quantitative estimate of drug-likeness (QED) is 0.586. The monoisotopic (exact) mass is 461 g/mol. The van der Waals surface area contributed by atoms with Crippen LogP contribution in [0.2, 0.25) is 0 Å². The van der Waals surface area contributed by atoms with Crippen molar-refractivity contribution in [1.82, 2.24) is 10.2 Å². The molecule has 166 valence electrons. The number of likely N-dealkylation sites (tertiary alicyclic amines) is 1. The molecule has 0 atom stereocenters. The fraction of sp³-hybridized carbons (Fsp3) is 0.500. The van der Waals surface area contributed by atoms with Crippen molar-refractivity contribution < 1.29 is 19.1 Å². The third kappa shape index (κ3) is 5.53. The van der Waals surface area contributed by atoms with Crippen molar-refractivity contribution in [3.8, 4) is 0 Å². The smallest absolute Gasteiger partial charge is 0.341 e. The molecule has 0 spiro atoms. The van der Waals surface area contributed by atoms with Gasteiger partial charge in [-0.3, -0.25) is 14.5 Å². The fourth-order valence-corrected chi connectivity index (χ4v) is 5.51. The second-order valence-corrected chi connectivity index (χ2v) is 9.77. The van der Waals surface area contributed by atoms with Crippen LogP contribution in [0.25, 0.3) is 0 Å². The van der Waals surface area contributed by atoms with Gasteiger partial charge in [-0.15, -0.1) is 22.7 Å². The van der Waals surface area contributed by atoms with Crippen LogP contribution in [0.5, 0.6) is 0 Å². The van der Waals surface area contributed by atoms with Crippen molar-refractivity contribution in [2.45, 2.75) is 44.6 Å². The van der Waals surface area contributed by atoms with E-state index in [-0.39, 0.29) is 30.4 Å². The minimum Gasteiger partial charge on any atom is -0.462 e. The zero-order chi connectivity index (χ0) is 21.8. The van der Waals surface area contributed by atoms with Crippen molar-refractivity contribution in [1.29, 1.82) is 0 Å². The molecule has 1 saturated heterocycles. The minimum absolute atomic E-state index is 0.0261. The number of carbonyl (C=O) groups is 3. The number of rotatable bonds is 8. The Morgan fingerprint density at radius 3 is 2.58 bits per heavy atom. The molecule has 2 aromatic rings. The summed E-state index contributed by atoms with van der Waals surface area (Å²) in [6, 6.07) is 3.82. The van der Waals surface area contributed by atoms with Crippen LogP contribution in [0, 0.1) is 0 Å². The van der Waals surface area contributed by atoms with Gasteiger partial charge in [0.25, 0.3) is 5.91 Å². The molecule has 7 nitrogen and oxygen atoms in total. The molecule has 1 saturated carbocycles. The first-order valence-corrected chi connectivity index (χ1v) is 12.5. The number of piperidine rings is 1.